The van der Waals surface area contributed by atoms with Crippen molar-refractivity contribution in [1.82, 2.24) is 4.98 Å². The van der Waals surface area contributed by atoms with Crippen LogP contribution in [0, 0.1) is 0 Å². The van der Waals surface area contributed by atoms with E-state index in [4.69, 9.17) is 10.5 Å². The van der Waals surface area contributed by atoms with Crippen LogP contribution in [0.15, 0.2) is 35.3 Å². The highest BCUT2D eigenvalue weighted by Crippen LogP contribution is 2.36. The van der Waals surface area contributed by atoms with Crippen LogP contribution in [-0.4, -0.2) is 42.1 Å². The summed E-state index contributed by atoms with van der Waals surface area (Å²) in [4.78, 5) is 21.2. The van der Waals surface area contributed by atoms with Gasteiger partial charge in [-0.25, -0.2) is 14.8 Å². The van der Waals surface area contributed by atoms with Gasteiger partial charge in [0, 0.05) is 18.2 Å². The molecule has 0 atom stereocenters. The Labute approximate surface area is 145 Å². The molecule has 1 aromatic heterocycles. The molecule has 0 saturated carbocycles. The third kappa shape index (κ3) is 3.18. The third-order valence-corrected chi connectivity index (χ3v) is 3.93. The lowest BCUT2D eigenvalue weighted by molar-refractivity contribution is 0.202. The van der Waals surface area contributed by atoms with Gasteiger partial charge in [-0.05, 0) is 19.1 Å². The summed E-state index contributed by atoms with van der Waals surface area (Å²) in [6.45, 7) is 2.50. The normalized spacial score (nSPS) is 12.6. The van der Waals surface area contributed by atoms with Crippen LogP contribution >= 0.6 is 0 Å². The fraction of sp³-hybridized carbons (Fsp3) is 0.235. The number of ether oxygens (including phenoxy) is 1. The Hall–Kier alpha value is -3.29. The first-order valence-electron chi connectivity index (χ1n) is 7.80. The zero-order chi connectivity index (χ0) is 18.0. The molecule has 4 N–H and O–H groups in total. The van der Waals surface area contributed by atoms with E-state index in [9.17, 15) is 9.90 Å². The summed E-state index contributed by atoms with van der Waals surface area (Å²) in [6.07, 6.45) is -1.08. The van der Waals surface area contributed by atoms with Crippen LogP contribution in [0.5, 0.6) is 5.75 Å². The number of aliphatic imine (C=N–C) groups is 1. The second-order valence-electron chi connectivity index (χ2n) is 5.43. The summed E-state index contributed by atoms with van der Waals surface area (Å²) < 4.78 is 5.24. The fourth-order valence-electron chi connectivity index (χ4n) is 2.65. The van der Waals surface area contributed by atoms with E-state index in [0.717, 1.165) is 21.9 Å². The Morgan fingerprint density at radius 3 is 2.92 bits per heavy atom. The quantitative estimate of drug-likeness (QED) is 0.788. The second-order valence-corrected chi connectivity index (χ2v) is 5.43. The number of hydrogen-bond donors (Lipinski definition) is 3. The molecule has 0 aliphatic carbocycles. The van der Waals surface area contributed by atoms with Crippen LogP contribution in [0.25, 0.3) is 0 Å². The molecule has 0 unspecified atom stereocenters. The lowest BCUT2D eigenvalue weighted by atomic mass is 10.1. The molecule has 1 amide bonds. The molecule has 130 valence electrons. The van der Waals surface area contributed by atoms with Crippen molar-refractivity contribution in [2.24, 2.45) is 4.99 Å². The highest BCUT2D eigenvalue weighted by Gasteiger charge is 2.21. The van der Waals surface area contributed by atoms with Crippen molar-refractivity contribution in [1.29, 1.82) is 0 Å². The number of hydrogen-bond acceptors (Lipinski definition) is 6. The number of anilines is 3. The lowest BCUT2D eigenvalue weighted by Gasteiger charge is -2.22. The number of rotatable bonds is 4. The van der Waals surface area contributed by atoms with Crippen LogP contribution < -0.4 is 20.7 Å². The average molecular weight is 341 g/mol. The summed E-state index contributed by atoms with van der Waals surface area (Å²) in [5.74, 6) is 1.20. The van der Waals surface area contributed by atoms with Gasteiger partial charge in [-0.2, -0.15) is 0 Å². The van der Waals surface area contributed by atoms with Gasteiger partial charge in [0.1, 0.15) is 17.3 Å². The summed E-state index contributed by atoms with van der Waals surface area (Å²) in [5, 5.41) is 12.5. The van der Waals surface area contributed by atoms with Gasteiger partial charge in [0.05, 0.1) is 25.1 Å². The van der Waals surface area contributed by atoms with E-state index in [1.54, 1.807) is 20.1 Å². The summed E-state index contributed by atoms with van der Waals surface area (Å²) in [6, 6.07) is 9.24. The minimum atomic E-state index is -1.08. The highest BCUT2D eigenvalue weighted by atomic mass is 16.5. The molecule has 2 aromatic rings. The number of nitrogens with zero attached hydrogens (tertiary/aromatic N) is 3. The van der Waals surface area contributed by atoms with E-state index >= 15 is 0 Å². The number of nitrogen functional groups attached to an aromatic ring is 1. The number of carboxylic acid groups (broad SMARTS) is 1. The van der Waals surface area contributed by atoms with Crippen LogP contribution in [0.1, 0.15) is 12.5 Å². The molecule has 1 aliphatic rings. The molecular weight excluding hydrogens is 322 g/mol. The standard InChI is InChI=1S/C17H19N5O3/c1-3-22(17(23)24)14-8-12-15(16(18)21-14)20-13(9-19-12)10-5-4-6-11(7-10)25-2/h4-8,19H,3,9H2,1-2H3,(H2,18,21)(H,23,24). The lowest BCUT2D eigenvalue weighted by Crippen LogP contribution is -2.30. The first kappa shape index (κ1) is 16.6. The first-order valence-corrected chi connectivity index (χ1v) is 7.80. The van der Waals surface area contributed by atoms with E-state index in [-0.39, 0.29) is 18.2 Å². The summed E-state index contributed by atoms with van der Waals surface area (Å²) in [7, 11) is 1.61. The maximum atomic E-state index is 11.3. The van der Waals surface area contributed by atoms with Crippen molar-refractivity contribution in [3.05, 3.63) is 35.9 Å². The molecule has 1 aromatic carbocycles. The van der Waals surface area contributed by atoms with Crippen molar-refractivity contribution in [2.75, 3.05) is 36.1 Å². The smallest absolute Gasteiger partial charge is 0.413 e. The van der Waals surface area contributed by atoms with Crippen LogP contribution in [0.3, 0.4) is 0 Å². The molecule has 0 spiro atoms. The Bertz CT molecular complexity index is 850. The predicted octanol–water partition coefficient (Wildman–Crippen LogP) is 2.72. The third-order valence-electron chi connectivity index (χ3n) is 3.93. The van der Waals surface area contributed by atoms with Gasteiger partial charge in [-0.3, -0.25) is 4.90 Å². The fourth-order valence-corrected chi connectivity index (χ4v) is 2.65. The van der Waals surface area contributed by atoms with E-state index in [2.05, 4.69) is 15.3 Å². The highest BCUT2D eigenvalue weighted by molar-refractivity contribution is 6.08. The Kier molecular flexibility index (Phi) is 4.42. The minimum absolute atomic E-state index is 0.180. The number of amides is 1. The molecule has 0 radical (unpaired) electrons. The van der Waals surface area contributed by atoms with E-state index < -0.39 is 6.09 Å². The van der Waals surface area contributed by atoms with Crippen LogP contribution in [0.4, 0.5) is 27.8 Å². The zero-order valence-corrected chi connectivity index (χ0v) is 14.0. The van der Waals surface area contributed by atoms with Gasteiger partial charge in [0.25, 0.3) is 0 Å². The van der Waals surface area contributed by atoms with Gasteiger partial charge in [0.15, 0.2) is 5.82 Å². The van der Waals surface area contributed by atoms with E-state index in [0.29, 0.717) is 17.9 Å². The van der Waals surface area contributed by atoms with Crippen molar-refractivity contribution >= 4 is 34.8 Å². The zero-order valence-electron chi connectivity index (χ0n) is 14.0. The predicted molar refractivity (Wildman–Crippen MR) is 97.4 cm³/mol. The van der Waals surface area contributed by atoms with E-state index in [1.807, 2.05) is 24.3 Å². The molecule has 8 heteroatoms. The summed E-state index contributed by atoms with van der Waals surface area (Å²) >= 11 is 0. The monoisotopic (exact) mass is 341 g/mol. The molecule has 0 saturated heterocycles. The number of aromatic nitrogens is 1. The van der Waals surface area contributed by atoms with Crippen molar-refractivity contribution in [3.63, 3.8) is 0 Å². The number of fused-ring (bicyclic) bond motifs is 1. The van der Waals surface area contributed by atoms with Gasteiger partial charge in [0.2, 0.25) is 0 Å². The molecule has 2 heterocycles. The first-order chi connectivity index (χ1) is 12.0. The number of nitrogens with two attached hydrogens (primary N) is 1. The van der Waals surface area contributed by atoms with Crippen molar-refractivity contribution in [3.8, 4) is 5.75 Å². The molecule has 25 heavy (non-hydrogen) atoms. The number of methoxy groups -OCH3 is 1. The van der Waals surface area contributed by atoms with Gasteiger partial charge >= 0.3 is 6.09 Å². The molecular formula is C17H19N5O3. The largest absolute Gasteiger partial charge is 0.497 e. The van der Waals surface area contributed by atoms with Gasteiger partial charge in [-0.1, -0.05) is 12.1 Å². The summed E-state index contributed by atoms with van der Waals surface area (Å²) in [5.41, 5.74) is 8.92. The van der Waals surface area contributed by atoms with Crippen molar-refractivity contribution in [2.45, 2.75) is 6.92 Å². The number of pyridine rings is 1. The number of benzene rings is 1. The maximum Gasteiger partial charge on any atom is 0.413 e. The maximum absolute atomic E-state index is 11.3. The molecule has 3 rings (SSSR count). The second kappa shape index (κ2) is 6.68. The minimum Gasteiger partial charge on any atom is -0.497 e. The number of nitrogens with one attached hydrogen (secondary N) is 1. The van der Waals surface area contributed by atoms with Gasteiger partial charge < -0.3 is 20.9 Å². The van der Waals surface area contributed by atoms with Crippen molar-refractivity contribution < 1.29 is 14.6 Å². The molecule has 8 nitrogen and oxygen atoms in total. The van der Waals surface area contributed by atoms with Crippen LogP contribution in [-0.2, 0) is 0 Å². The topological polar surface area (TPSA) is 113 Å². The molecule has 0 bridgehead atoms. The molecule has 1 aliphatic heterocycles. The van der Waals surface area contributed by atoms with Gasteiger partial charge in [-0.15, -0.1) is 0 Å². The number of carbonyl (C=O) groups is 1. The molecule has 0 fully saturated rings. The SMILES string of the molecule is CCN(C(=O)O)c1cc2c(c(N)n1)N=C(c1cccc(OC)c1)CN2. The van der Waals surface area contributed by atoms with Crippen LogP contribution in [0.2, 0.25) is 0 Å². The Morgan fingerprint density at radius 1 is 1.44 bits per heavy atom. The van der Waals surface area contributed by atoms with E-state index in [1.165, 1.54) is 0 Å². The average Bonchev–Trinajstić information content (AvgIpc) is 2.62. The Balaban J connectivity index is 2.01. The Morgan fingerprint density at radius 2 is 2.24 bits per heavy atom.